The molecule has 1 atom stereocenters. The van der Waals surface area contributed by atoms with Crippen LogP contribution in [0.5, 0.6) is 0 Å². The molecule has 0 aliphatic carbocycles. The van der Waals surface area contributed by atoms with E-state index in [1.165, 1.54) is 7.11 Å². The number of carboxylic acids is 1. The summed E-state index contributed by atoms with van der Waals surface area (Å²) in [7, 11) is 1.38. The Balaban J connectivity index is 1.87. The number of methoxy groups -OCH3 is 1. The number of likely N-dealkylation sites (tertiary alicyclic amines) is 1. The molecule has 1 fully saturated rings. The highest BCUT2D eigenvalue weighted by Gasteiger charge is 2.34. The molecule has 1 saturated heterocycles. The van der Waals surface area contributed by atoms with Crippen molar-refractivity contribution in [3.8, 4) is 0 Å². The molecule has 2 N–H and O–H groups in total. The van der Waals surface area contributed by atoms with E-state index in [-0.39, 0.29) is 11.9 Å². The van der Waals surface area contributed by atoms with E-state index < -0.39 is 12.0 Å². The van der Waals surface area contributed by atoms with Crippen molar-refractivity contribution in [1.82, 2.24) is 9.88 Å². The van der Waals surface area contributed by atoms with E-state index in [1.54, 1.807) is 18.3 Å². The molecule has 128 valence electrons. The Hall–Kier alpha value is -2.05. The van der Waals surface area contributed by atoms with Gasteiger partial charge in [-0.1, -0.05) is 11.6 Å². The van der Waals surface area contributed by atoms with Gasteiger partial charge in [0, 0.05) is 40.8 Å². The van der Waals surface area contributed by atoms with Crippen LogP contribution >= 0.6 is 11.6 Å². The number of hydrogen-bond donors (Lipinski definition) is 2. The van der Waals surface area contributed by atoms with Gasteiger partial charge in [-0.3, -0.25) is 14.5 Å². The van der Waals surface area contributed by atoms with E-state index >= 15 is 0 Å². The van der Waals surface area contributed by atoms with Gasteiger partial charge in [-0.25, -0.2) is 0 Å². The zero-order valence-corrected chi connectivity index (χ0v) is 14.0. The van der Waals surface area contributed by atoms with Crippen LogP contribution < -0.4 is 0 Å². The van der Waals surface area contributed by atoms with Crippen molar-refractivity contribution in [1.29, 1.82) is 0 Å². The molecule has 0 spiro atoms. The molecule has 24 heavy (non-hydrogen) atoms. The van der Waals surface area contributed by atoms with Crippen molar-refractivity contribution in [3.05, 3.63) is 35.0 Å². The van der Waals surface area contributed by atoms with Gasteiger partial charge in [0.05, 0.1) is 13.0 Å². The number of ether oxygens (including phenoxy) is 1. The van der Waals surface area contributed by atoms with E-state index in [9.17, 15) is 14.7 Å². The number of H-pyrrole nitrogens is 1. The summed E-state index contributed by atoms with van der Waals surface area (Å²) in [6.07, 6.45) is 2.92. The standard InChI is InChI=1S/C17H19ClN2O4/c1-24-17(23)10-4-6-20(7-5-10)15(16(21)22)13-9-19-14-3-2-11(18)8-12(13)14/h2-3,8-10,15,19H,4-7H2,1H3,(H,21,22)/t15-/m1/s1. The second-order valence-electron chi connectivity index (χ2n) is 6.01. The number of benzene rings is 1. The first kappa shape index (κ1) is 16.8. The Morgan fingerprint density at radius 3 is 2.71 bits per heavy atom. The summed E-state index contributed by atoms with van der Waals surface area (Å²) >= 11 is 6.06. The van der Waals surface area contributed by atoms with Gasteiger partial charge in [0.25, 0.3) is 0 Å². The number of esters is 1. The Morgan fingerprint density at radius 2 is 2.08 bits per heavy atom. The molecule has 2 heterocycles. The monoisotopic (exact) mass is 350 g/mol. The maximum atomic E-state index is 11.9. The number of nitrogens with zero attached hydrogens (tertiary/aromatic N) is 1. The Kier molecular flexibility index (Phi) is 4.78. The number of fused-ring (bicyclic) bond motifs is 1. The van der Waals surface area contributed by atoms with Crippen LogP contribution in [0.15, 0.2) is 24.4 Å². The zero-order valence-electron chi connectivity index (χ0n) is 13.3. The molecule has 6 nitrogen and oxygen atoms in total. The second-order valence-corrected chi connectivity index (χ2v) is 6.44. The second kappa shape index (κ2) is 6.83. The number of piperidine rings is 1. The lowest BCUT2D eigenvalue weighted by atomic mass is 9.94. The van der Waals surface area contributed by atoms with Gasteiger partial charge in [-0.05, 0) is 31.0 Å². The van der Waals surface area contributed by atoms with Gasteiger partial charge in [0.15, 0.2) is 0 Å². The summed E-state index contributed by atoms with van der Waals surface area (Å²) in [6, 6.07) is 4.61. The minimum Gasteiger partial charge on any atom is -0.480 e. The number of hydrogen-bond acceptors (Lipinski definition) is 4. The third-order valence-electron chi connectivity index (χ3n) is 4.63. The number of aromatic nitrogens is 1. The van der Waals surface area contributed by atoms with Gasteiger partial charge >= 0.3 is 11.9 Å². The van der Waals surface area contributed by atoms with Gasteiger partial charge in [-0.15, -0.1) is 0 Å². The average Bonchev–Trinajstić information content (AvgIpc) is 2.97. The summed E-state index contributed by atoms with van der Waals surface area (Å²) in [6.45, 7) is 1.06. The van der Waals surface area contributed by atoms with Crippen LogP contribution in [0.1, 0.15) is 24.4 Å². The SMILES string of the molecule is COC(=O)C1CCN([C@@H](C(=O)O)c2c[nH]c3ccc(Cl)cc23)CC1. The number of rotatable bonds is 4. The van der Waals surface area contributed by atoms with Crippen molar-refractivity contribution in [2.45, 2.75) is 18.9 Å². The zero-order chi connectivity index (χ0) is 17.3. The van der Waals surface area contributed by atoms with Crippen molar-refractivity contribution >= 4 is 34.4 Å². The summed E-state index contributed by atoms with van der Waals surface area (Å²) in [5.74, 6) is -1.29. The quantitative estimate of drug-likeness (QED) is 0.828. The van der Waals surface area contributed by atoms with Gasteiger partial charge in [0.2, 0.25) is 0 Å². The first-order chi connectivity index (χ1) is 11.5. The molecule has 0 radical (unpaired) electrons. The fourth-order valence-corrected chi connectivity index (χ4v) is 3.56. The summed E-state index contributed by atoms with van der Waals surface area (Å²) in [5.41, 5.74) is 1.54. The maximum absolute atomic E-state index is 11.9. The number of nitrogens with one attached hydrogen (secondary N) is 1. The summed E-state index contributed by atoms with van der Waals surface area (Å²) in [5, 5.41) is 11.1. The third-order valence-corrected chi connectivity index (χ3v) is 4.87. The fraction of sp³-hybridized carbons (Fsp3) is 0.412. The number of carbonyl (C=O) groups is 2. The van der Waals surface area contributed by atoms with Crippen molar-refractivity contribution in [3.63, 3.8) is 0 Å². The molecule has 1 aliphatic heterocycles. The molecule has 0 unspecified atom stereocenters. The molecular formula is C17H19ClN2O4. The number of aromatic amines is 1. The largest absolute Gasteiger partial charge is 0.480 e. The van der Waals surface area contributed by atoms with Crippen LogP contribution in [-0.2, 0) is 14.3 Å². The lowest BCUT2D eigenvalue weighted by molar-refractivity contribution is -0.148. The average molecular weight is 351 g/mol. The minimum absolute atomic E-state index is 0.155. The molecule has 1 aromatic carbocycles. The van der Waals surface area contributed by atoms with Crippen LogP contribution in [0.2, 0.25) is 5.02 Å². The molecule has 7 heteroatoms. The van der Waals surface area contributed by atoms with Crippen molar-refractivity contribution in [2.75, 3.05) is 20.2 Å². The molecule has 0 saturated carbocycles. The van der Waals surface area contributed by atoms with E-state index in [1.807, 2.05) is 11.0 Å². The van der Waals surface area contributed by atoms with E-state index in [0.29, 0.717) is 36.5 Å². The number of aliphatic carboxylic acids is 1. The van der Waals surface area contributed by atoms with Crippen LogP contribution in [0, 0.1) is 5.92 Å². The highest BCUT2D eigenvalue weighted by molar-refractivity contribution is 6.31. The van der Waals surface area contributed by atoms with Crippen LogP contribution in [0.4, 0.5) is 0 Å². The third kappa shape index (κ3) is 3.12. The molecule has 0 bridgehead atoms. The molecule has 1 aliphatic rings. The first-order valence-corrected chi connectivity index (χ1v) is 8.20. The predicted octanol–water partition coefficient (Wildman–Crippen LogP) is 2.83. The molecule has 1 aromatic heterocycles. The van der Waals surface area contributed by atoms with E-state index in [4.69, 9.17) is 16.3 Å². The van der Waals surface area contributed by atoms with Crippen molar-refractivity contribution in [2.24, 2.45) is 5.92 Å². The molecular weight excluding hydrogens is 332 g/mol. The smallest absolute Gasteiger partial charge is 0.325 e. The number of halogens is 1. The summed E-state index contributed by atoms with van der Waals surface area (Å²) in [4.78, 5) is 28.6. The van der Waals surface area contributed by atoms with Gasteiger partial charge in [0.1, 0.15) is 6.04 Å². The topological polar surface area (TPSA) is 82.6 Å². The predicted molar refractivity (Wildman–Crippen MR) is 90.0 cm³/mol. The highest BCUT2D eigenvalue weighted by atomic mass is 35.5. The van der Waals surface area contributed by atoms with Gasteiger partial charge < -0.3 is 14.8 Å². The lowest BCUT2D eigenvalue weighted by Gasteiger charge is -2.34. The van der Waals surface area contributed by atoms with E-state index in [2.05, 4.69) is 4.98 Å². The highest BCUT2D eigenvalue weighted by Crippen LogP contribution is 2.33. The lowest BCUT2D eigenvalue weighted by Crippen LogP contribution is -2.41. The molecule has 2 aromatic rings. The maximum Gasteiger partial charge on any atom is 0.325 e. The first-order valence-electron chi connectivity index (χ1n) is 7.82. The Morgan fingerprint density at radius 1 is 1.38 bits per heavy atom. The Labute approximate surface area is 144 Å². The van der Waals surface area contributed by atoms with Crippen LogP contribution in [0.25, 0.3) is 10.9 Å². The van der Waals surface area contributed by atoms with Crippen molar-refractivity contribution < 1.29 is 19.4 Å². The van der Waals surface area contributed by atoms with Gasteiger partial charge in [-0.2, -0.15) is 0 Å². The van der Waals surface area contributed by atoms with E-state index in [0.717, 1.165) is 10.9 Å². The number of carbonyl (C=O) groups excluding carboxylic acids is 1. The fourth-order valence-electron chi connectivity index (χ4n) is 3.39. The molecule has 3 rings (SSSR count). The Bertz CT molecular complexity index is 765. The van der Waals surface area contributed by atoms with Crippen LogP contribution in [0.3, 0.4) is 0 Å². The number of carboxylic acid groups (broad SMARTS) is 1. The normalized spacial score (nSPS) is 17.8. The molecule has 0 amide bonds. The minimum atomic E-state index is -0.910. The van der Waals surface area contributed by atoms with Crippen LogP contribution in [-0.4, -0.2) is 47.1 Å². The summed E-state index contributed by atoms with van der Waals surface area (Å²) < 4.78 is 4.78.